The Morgan fingerprint density at radius 2 is 1.75 bits per heavy atom. The zero-order valence-corrected chi connectivity index (χ0v) is 20.2. The van der Waals surface area contributed by atoms with E-state index in [1.54, 1.807) is 35.2 Å². The molecular weight excluding hydrogens is 454 g/mol. The second-order valence-corrected chi connectivity index (χ2v) is 8.87. The van der Waals surface area contributed by atoms with Crippen molar-refractivity contribution in [2.24, 2.45) is 0 Å². The number of aromatic hydroxyl groups is 1. The predicted octanol–water partition coefficient (Wildman–Crippen LogP) is 5.34. The molecule has 36 heavy (non-hydrogen) atoms. The van der Waals surface area contributed by atoms with E-state index in [4.69, 9.17) is 10.00 Å². The van der Waals surface area contributed by atoms with Gasteiger partial charge in [0.1, 0.15) is 5.75 Å². The number of ether oxygens (including phenoxy) is 1. The molecule has 7 heteroatoms. The zero-order valence-electron chi connectivity index (χ0n) is 20.2. The molecule has 3 aromatic carbocycles. The van der Waals surface area contributed by atoms with Gasteiger partial charge in [-0.05, 0) is 71.5 Å². The van der Waals surface area contributed by atoms with Crippen LogP contribution in [0.5, 0.6) is 5.75 Å². The van der Waals surface area contributed by atoms with Crippen LogP contribution in [0.3, 0.4) is 0 Å². The highest BCUT2D eigenvalue weighted by molar-refractivity contribution is 5.98. The Morgan fingerprint density at radius 1 is 1.06 bits per heavy atom. The van der Waals surface area contributed by atoms with Gasteiger partial charge in [-0.15, -0.1) is 0 Å². The number of phenolic OH excluding ortho intramolecular Hbond substituents is 1. The maximum atomic E-state index is 13.4. The van der Waals surface area contributed by atoms with Crippen molar-refractivity contribution >= 4 is 12.0 Å². The minimum absolute atomic E-state index is 0.106. The van der Waals surface area contributed by atoms with Gasteiger partial charge in [0.15, 0.2) is 0 Å². The Kier molecular flexibility index (Phi) is 7.86. The van der Waals surface area contributed by atoms with Crippen LogP contribution in [-0.2, 0) is 4.74 Å². The van der Waals surface area contributed by atoms with E-state index >= 15 is 0 Å². The number of unbranched alkanes of at least 4 members (excludes halogenated alkanes) is 1. The number of benzene rings is 3. The van der Waals surface area contributed by atoms with Gasteiger partial charge in [-0.25, -0.2) is 4.79 Å². The van der Waals surface area contributed by atoms with E-state index in [-0.39, 0.29) is 17.7 Å². The monoisotopic (exact) mass is 483 g/mol. The molecule has 0 saturated carbocycles. The summed E-state index contributed by atoms with van der Waals surface area (Å²) < 4.78 is 5.18. The Morgan fingerprint density at radius 3 is 2.44 bits per heavy atom. The quantitative estimate of drug-likeness (QED) is 0.442. The molecule has 1 saturated heterocycles. The lowest BCUT2D eigenvalue weighted by molar-refractivity contribution is 0.0787. The summed E-state index contributed by atoms with van der Waals surface area (Å²) in [5.74, 6) is 0.0720. The molecule has 0 bridgehead atoms. The van der Waals surface area contributed by atoms with Gasteiger partial charge in [0.25, 0.3) is 5.91 Å². The smallest absolute Gasteiger partial charge is 0.407 e. The van der Waals surface area contributed by atoms with Gasteiger partial charge >= 0.3 is 6.09 Å². The Labute approximate surface area is 210 Å². The molecule has 1 heterocycles. The van der Waals surface area contributed by atoms with Crippen molar-refractivity contribution in [1.82, 2.24) is 10.2 Å². The minimum atomic E-state index is -0.441. The first-order valence-corrected chi connectivity index (χ1v) is 12.1. The van der Waals surface area contributed by atoms with Crippen LogP contribution in [0.15, 0.2) is 66.7 Å². The molecule has 0 aromatic heterocycles. The number of likely N-dealkylation sites (tertiary alicyclic amines) is 1. The molecule has 0 spiro atoms. The number of phenols is 1. The number of hydrogen-bond donors (Lipinski definition) is 2. The minimum Gasteiger partial charge on any atom is -0.508 e. The van der Waals surface area contributed by atoms with Gasteiger partial charge in [-0.1, -0.05) is 43.7 Å². The normalized spacial score (nSPS) is 14.8. The van der Waals surface area contributed by atoms with Gasteiger partial charge < -0.3 is 20.1 Å². The fraction of sp³-hybridized carbons (Fsp3) is 0.276. The number of nitrogens with one attached hydrogen (secondary N) is 1. The van der Waals surface area contributed by atoms with Gasteiger partial charge in [0.05, 0.1) is 24.3 Å². The first-order valence-electron chi connectivity index (χ1n) is 12.1. The van der Waals surface area contributed by atoms with Crippen molar-refractivity contribution < 1.29 is 19.4 Å². The standard InChI is InChI=1S/C29H29N3O4/c1-2-3-16-36-29(35)31-24-14-15-32(19-24)28(34)23-10-13-26(21-8-11-25(33)12-9-21)27(17-23)22-6-4-20(18-30)5-7-22/h4-13,17,24,33H,2-3,14-16,19H2,1H3,(H,31,35)/t24-/m0/s1. The van der Waals surface area contributed by atoms with E-state index in [1.807, 2.05) is 43.3 Å². The van der Waals surface area contributed by atoms with E-state index in [2.05, 4.69) is 11.4 Å². The second-order valence-electron chi connectivity index (χ2n) is 8.87. The fourth-order valence-corrected chi connectivity index (χ4v) is 4.30. The fourth-order valence-electron chi connectivity index (χ4n) is 4.30. The highest BCUT2D eigenvalue weighted by Gasteiger charge is 2.28. The molecule has 7 nitrogen and oxygen atoms in total. The van der Waals surface area contributed by atoms with Crippen molar-refractivity contribution in [2.75, 3.05) is 19.7 Å². The third-order valence-corrected chi connectivity index (χ3v) is 6.30. The number of carbonyl (C=O) groups excluding carboxylic acids is 2. The molecule has 1 fully saturated rings. The summed E-state index contributed by atoms with van der Waals surface area (Å²) in [5.41, 5.74) is 4.64. The van der Waals surface area contributed by atoms with Crippen molar-refractivity contribution in [3.8, 4) is 34.1 Å². The van der Waals surface area contributed by atoms with Crippen molar-refractivity contribution in [1.29, 1.82) is 5.26 Å². The zero-order chi connectivity index (χ0) is 25.5. The van der Waals surface area contributed by atoms with Gasteiger partial charge in [0.2, 0.25) is 0 Å². The summed E-state index contributed by atoms with van der Waals surface area (Å²) in [6.07, 6.45) is 2.01. The van der Waals surface area contributed by atoms with Crippen LogP contribution < -0.4 is 5.32 Å². The van der Waals surface area contributed by atoms with Crippen LogP contribution in [0.2, 0.25) is 0 Å². The molecule has 0 unspecified atom stereocenters. The van der Waals surface area contributed by atoms with Crippen LogP contribution in [0.1, 0.15) is 42.1 Å². The Hall–Kier alpha value is -4.31. The predicted molar refractivity (Wildman–Crippen MR) is 137 cm³/mol. The van der Waals surface area contributed by atoms with Crippen molar-refractivity contribution in [2.45, 2.75) is 32.2 Å². The largest absolute Gasteiger partial charge is 0.508 e. The number of rotatable bonds is 7. The molecule has 1 atom stereocenters. The molecule has 184 valence electrons. The van der Waals surface area contributed by atoms with E-state index in [9.17, 15) is 14.7 Å². The molecule has 2 amide bonds. The van der Waals surface area contributed by atoms with Crippen LogP contribution in [0.25, 0.3) is 22.3 Å². The summed E-state index contributed by atoms with van der Waals surface area (Å²) in [5, 5.41) is 21.7. The summed E-state index contributed by atoms with van der Waals surface area (Å²) in [7, 11) is 0. The van der Waals surface area contributed by atoms with Gasteiger partial charge in [-0.3, -0.25) is 4.79 Å². The number of alkyl carbamates (subject to hydrolysis) is 1. The maximum Gasteiger partial charge on any atom is 0.407 e. The number of hydrogen-bond acceptors (Lipinski definition) is 5. The third kappa shape index (κ3) is 5.84. The number of nitriles is 1. The number of amides is 2. The van der Waals surface area contributed by atoms with E-state index in [1.165, 1.54) is 0 Å². The van der Waals surface area contributed by atoms with Crippen LogP contribution >= 0.6 is 0 Å². The molecule has 4 rings (SSSR count). The highest BCUT2D eigenvalue weighted by atomic mass is 16.5. The first-order chi connectivity index (χ1) is 17.5. The first kappa shape index (κ1) is 24.8. The SMILES string of the molecule is CCCCOC(=O)N[C@H]1CCN(C(=O)c2ccc(-c3ccc(O)cc3)c(-c3ccc(C#N)cc3)c2)C1. The summed E-state index contributed by atoms with van der Waals surface area (Å²) in [6, 6.07) is 21.7. The van der Waals surface area contributed by atoms with Crippen molar-refractivity contribution in [3.63, 3.8) is 0 Å². The lowest BCUT2D eigenvalue weighted by Gasteiger charge is -2.19. The van der Waals surface area contributed by atoms with Gasteiger partial charge in [-0.2, -0.15) is 5.26 Å². The molecule has 0 aliphatic carbocycles. The molecule has 1 aliphatic rings. The second kappa shape index (κ2) is 11.4. The topological polar surface area (TPSA) is 103 Å². The Balaban J connectivity index is 1.56. The maximum absolute atomic E-state index is 13.4. The third-order valence-electron chi connectivity index (χ3n) is 6.30. The highest BCUT2D eigenvalue weighted by Crippen LogP contribution is 2.34. The summed E-state index contributed by atoms with van der Waals surface area (Å²) in [4.78, 5) is 27.1. The number of nitrogens with zero attached hydrogens (tertiary/aromatic N) is 2. The van der Waals surface area contributed by atoms with Gasteiger partial charge in [0, 0.05) is 18.7 Å². The molecule has 0 radical (unpaired) electrons. The molecule has 3 aromatic rings. The van der Waals surface area contributed by atoms with Crippen molar-refractivity contribution in [3.05, 3.63) is 77.9 Å². The summed E-state index contributed by atoms with van der Waals surface area (Å²) >= 11 is 0. The summed E-state index contributed by atoms with van der Waals surface area (Å²) in [6.45, 7) is 3.40. The van der Waals surface area contributed by atoms with E-state index < -0.39 is 6.09 Å². The van der Waals surface area contributed by atoms with Crippen LogP contribution in [-0.4, -0.2) is 47.7 Å². The average molecular weight is 484 g/mol. The van der Waals surface area contributed by atoms with Crippen LogP contribution in [0.4, 0.5) is 4.79 Å². The van der Waals surface area contributed by atoms with E-state index in [0.29, 0.717) is 37.2 Å². The molecular formula is C29H29N3O4. The lowest BCUT2D eigenvalue weighted by atomic mass is 9.92. The average Bonchev–Trinajstić information content (AvgIpc) is 3.37. The lowest BCUT2D eigenvalue weighted by Crippen LogP contribution is -2.38. The van der Waals surface area contributed by atoms with E-state index in [0.717, 1.165) is 35.1 Å². The Bertz CT molecular complexity index is 1260. The number of carbonyl (C=O) groups is 2. The molecule has 1 aliphatic heterocycles. The van der Waals surface area contributed by atoms with Crippen LogP contribution in [0, 0.1) is 11.3 Å². The molecule has 2 N–H and O–H groups in total.